The smallest absolute Gasteiger partial charge is 0.0995 e. The Balaban J connectivity index is 2.50. The maximum Gasteiger partial charge on any atom is 0.0995 e. The number of hydrogen-bond acceptors (Lipinski definition) is 2. The Morgan fingerprint density at radius 3 is 2.85 bits per heavy atom. The first-order valence-corrected chi connectivity index (χ1v) is 6.07. The van der Waals surface area contributed by atoms with Crippen molar-refractivity contribution in [2.24, 2.45) is 0 Å². The van der Waals surface area contributed by atoms with Gasteiger partial charge in [0.2, 0.25) is 0 Å². The molecule has 0 saturated carbocycles. The third kappa shape index (κ3) is 1.73. The molecule has 1 heterocycles. The highest BCUT2D eigenvalue weighted by Gasteiger charge is 2.14. The highest BCUT2D eigenvalue weighted by molar-refractivity contribution is 7.98. The van der Waals surface area contributed by atoms with Crippen LogP contribution in [0, 0.1) is 6.92 Å². The Morgan fingerprint density at radius 1 is 1.31 bits per heavy atom. The van der Waals surface area contributed by atoms with Crippen molar-refractivity contribution in [1.82, 2.24) is 4.98 Å². The zero-order chi connectivity index (χ0) is 9.26. The van der Waals surface area contributed by atoms with Gasteiger partial charge in [0.15, 0.2) is 0 Å². The van der Waals surface area contributed by atoms with Gasteiger partial charge in [-0.3, -0.25) is 0 Å². The standard InChI is InChI=1S/C11H15NS/c1-8-7-9-5-3-4-6-10(9)11(12-8)13-2/h7H,3-6H2,1-2H3. The number of hydrogen-bond donors (Lipinski definition) is 0. The van der Waals surface area contributed by atoms with Crippen molar-refractivity contribution in [1.29, 1.82) is 0 Å². The van der Waals surface area contributed by atoms with E-state index in [1.54, 1.807) is 17.3 Å². The van der Waals surface area contributed by atoms with Crippen LogP contribution < -0.4 is 0 Å². The fourth-order valence-electron chi connectivity index (χ4n) is 2.01. The number of aromatic nitrogens is 1. The fraction of sp³-hybridized carbons (Fsp3) is 0.545. The summed E-state index contributed by atoms with van der Waals surface area (Å²) < 4.78 is 0. The van der Waals surface area contributed by atoms with Crippen LogP contribution in [0.15, 0.2) is 11.1 Å². The summed E-state index contributed by atoms with van der Waals surface area (Å²) in [6.07, 6.45) is 7.30. The van der Waals surface area contributed by atoms with Gasteiger partial charge in [0, 0.05) is 5.69 Å². The molecule has 0 atom stereocenters. The maximum absolute atomic E-state index is 4.57. The van der Waals surface area contributed by atoms with Crippen molar-refractivity contribution in [3.63, 3.8) is 0 Å². The molecule has 0 amide bonds. The third-order valence-corrected chi connectivity index (χ3v) is 3.35. The average Bonchev–Trinajstić information content (AvgIpc) is 2.16. The quantitative estimate of drug-likeness (QED) is 0.636. The van der Waals surface area contributed by atoms with E-state index >= 15 is 0 Å². The van der Waals surface area contributed by atoms with E-state index in [-0.39, 0.29) is 0 Å². The summed E-state index contributed by atoms with van der Waals surface area (Å²) >= 11 is 1.79. The molecule has 1 aliphatic carbocycles. The van der Waals surface area contributed by atoms with Crippen LogP contribution >= 0.6 is 11.8 Å². The van der Waals surface area contributed by atoms with Crippen molar-refractivity contribution in [2.45, 2.75) is 37.6 Å². The second-order valence-electron chi connectivity index (χ2n) is 3.62. The first-order valence-electron chi connectivity index (χ1n) is 4.84. The molecule has 1 aromatic heterocycles. The number of thioether (sulfide) groups is 1. The van der Waals surface area contributed by atoms with Crippen molar-refractivity contribution in [3.05, 3.63) is 22.9 Å². The fourth-order valence-corrected chi connectivity index (χ4v) is 2.73. The van der Waals surface area contributed by atoms with Crippen LogP contribution in [0.25, 0.3) is 0 Å². The van der Waals surface area contributed by atoms with Crippen LogP contribution in [0.4, 0.5) is 0 Å². The van der Waals surface area contributed by atoms with Crippen LogP contribution in [0.3, 0.4) is 0 Å². The van der Waals surface area contributed by atoms with Gasteiger partial charge in [-0.25, -0.2) is 4.98 Å². The summed E-state index contributed by atoms with van der Waals surface area (Å²) in [5.41, 5.74) is 4.23. The van der Waals surface area contributed by atoms with E-state index in [0.29, 0.717) is 0 Å². The lowest BCUT2D eigenvalue weighted by molar-refractivity contribution is 0.665. The lowest BCUT2D eigenvalue weighted by atomic mass is 9.93. The number of aryl methyl sites for hydroxylation is 2. The zero-order valence-corrected chi connectivity index (χ0v) is 9.08. The molecule has 13 heavy (non-hydrogen) atoms. The van der Waals surface area contributed by atoms with E-state index in [4.69, 9.17) is 0 Å². The number of pyridine rings is 1. The summed E-state index contributed by atoms with van der Waals surface area (Å²) in [6, 6.07) is 2.26. The molecule has 0 unspecified atom stereocenters. The second-order valence-corrected chi connectivity index (χ2v) is 4.41. The minimum atomic E-state index is 1.17. The van der Waals surface area contributed by atoms with Crippen LogP contribution in [-0.4, -0.2) is 11.2 Å². The van der Waals surface area contributed by atoms with Gasteiger partial charge in [0.25, 0.3) is 0 Å². The minimum Gasteiger partial charge on any atom is -0.247 e. The predicted molar refractivity (Wildman–Crippen MR) is 57.4 cm³/mol. The molecule has 0 aliphatic heterocycles. The first-order chi connectivity index (χ1) is 6.31. The van der Waals surface area contributed by atoms with Crippen LogP contribution in [0.1, 0.15) is 29.7 Å². The minimum absolute atomic E-state index is 1.17. The van der Waals surface area contributed by atoms with Gasteiger partial charge in [-0.15, -0.1) is 11.8 Å². The molecule has 0 spiro atoms. The summed E-state index contributed by atoms with van der Waals surface area (Å²) in [5.74, 6) is 0. The molecule has 0 saturated heterocycles. The normalized spacial score (nSPS) is 15.5. The van der Waals surface area contributed by atoms with E-state index in [1.165, 1.54) is 42.0 Å². The first kappa shape index (κ1) is 9.07. The van der Waals surface area contributed by atoms with Crippen molar-refractivity contribution in [3.8, 4) is 0 Å². The molecule has 70 valence electrons. The van der Waals surface area contributed by atoms with Gasteiger partial charge < -0.3 is 0 Å². The Hall–Kier alpha value is -0.500. The van der Waals surface area contributed by atoms with Crippen LogP contribution in [-0.2, 0) is 12.8 Å². The number of rotatable bonds is 1. The van der Waals surface area contributed by atoms with E-state index in [0.717, 1.165) is 0 Å². The van der Waals surface area contributed by atoms with Crippen LogP contribution in [0.5, 0.6) is 0 Å². The molecule has 2 rings (SSSR count). The van der Waals surface area contributed by atoms with Gasteiger partial charge in [-0.05, 0) is 56.1 Å². The molecule has 1 nitrogen and oxygen atoms in total. The lowest BCUT2D eigenvalue weighted by Gasteiger charge is -2.18. The Bertz CT molecular complexity index is 303. The van der Waals surface area contributed by atoms with E-state index in [2.05, 4.69) is 24.2 Å². The van der Waals surface area contributed by atoms with E-state index < -0.39 is 0 Å². The van der Waals surface area contributed by atoms with Crippen molar-refractivity contribution in [2.75, 3.05) is 6.26 Å². The molecule has 0 bridgehead atoms. The highest BCUT2D eigenvalue weighted by Crippen LogP contribution is 2.28. The van der Waals surface area contributed by atoms with Crippen molar-refractivity contribution < 1.29 is 0 Å². The molecule has 2 heteroatoms. The van der Waals surface area contributed by atoms with Gasteiger partial charge in [0.05, 0.1) is 5.03 Å². The number of fused-ring (bicyclic) bond motifs is 1. The van der Waals surface area contributed by atoms with Crippen LogP contribution in [0.2, 0.25) is 0 Å². The predicted octanol–water partition coefficient (Wildman–Crippen LogP) is 2.99. The molecule has 0 fully saturated rings. The molecule has 0 aromatic carbocycles. The molecule has 0 N–H and O–H groups in total. The molecule has 0 radical (unpaired) electrons. The summed E-state index contributed by atoms with van der Waals surface area (Å²) in [6.45, 7) is 2.09. The second kappa shape index (κ2) is 3.70. The largest absolute Gasteiger partial charge is 0.247 e. The number of nitrogens with zero attached hydrogens (tertiary/aromatic N) is 1. The molecular weight excluding hydrogens is 178 g/mol. The monoisotopic (exact) mass is 193 g/mol. The lowest BCUT2D eigenvalue weighted by Crippen LogP contribution is -2.06. The average molecular weight is 193 g/mol. The van der Waals surface area contributed by atoms with Gasteiger partial charge in [-0.1, -0.05) is 0 Å². The maximum atomic E-state index is 4.57. The van der Waals surface area contributed by atoms with E-state index in [9.17, 15) is 0 Å². The molecule has 1 aliphatic rings. The zero-order valence-electron chi connectivity index (χ0n) is 8.26. The summed E-state index contributed by atoms with van der Waals surface area (Å²) in [5, 5.41) is 1.26. The Kier molecular flexibility index (Phi) is 2.58. The molecule has 1 aromatic rings. The van der Waals surface area contributed by atoms with Gasteiger partial charge in [0.1, 0.15) is 0 Å². The summed E-state index contributed by atoms with van der Waals surface area (Å²) in [7, 11) is 0. The van der Waals surface area contributed by atoms with Gasteiger partial charge in [-0.2, -0.15) is 0 Å². The summed E-state index contributed by atoms with van der Waals surface area (Å²) in [4.78, 5) is 4.57. The third-order valence-electron chi connectivity index (χ3n) is 2.62. The SMILES string of the molecule is CSc1nc(C)cc2c1CCCC2. The molecular formula is C11H15NS. The topological polar surface area (TPSA) is 12.9 Å². The van der Waals surface area contributed by atoms with Gasteiger partial charge >= 0.3 is 0 Å². The van der Waals surface area contributed by atoms with Crippen molar-refractivity contribution >= 4 is 11.8 Å². The highest BCUT2D eigenvalue weighted by atomic mass is 32.2. The Morgan fingerprint density at radius 2 is 2.08 bits per heavy atom. The Labute approximate surface area is 84.0 Å². The van der Waals surface area contributed by atoms with E-state index in [1.807, 2.05) is 0 Å².